The van der Waals surface area contributed by atoms with Crippen LogP contribution in [0, 0.1) is 0 Å². The fraction of sp³-hybridized carbons (Fsp3) is 0.143. The molecule has 0 aromatic heterocycles. The molecule has 19 heavy (non-hydrogen) atoms. The third kappa shape index (κ3) is 5.90. The van der Waals surface area contributed by atoms with Crippen LogP contribution in [0.1, 0.15) is 11.1 Å². The summed E-state index contributed by atoms with van der Waals surface area (Å²) in [6, 6.07) is 20.1. The Morgan fingerprint density at radius 3 is 1.42 bits per heavy atom. The summed E-state index contributed by atoms with van der Waals surface area (Å²) in [6.45, 7) is 1.10. The van der Waals surface area contributed by atoms with Gasteiger partial charge in [0.25, 0.3) is 0 Å². The molecule has 0 heterocycles. The molecule has 0 aliphatic carbocycles. The Kier molecular flexibility index (Phi) is 6.27. The first kappa shape index (κ1) is 15.4. The molecule has 2 aromatic carbocycles. The predicted molar refractivity (Wildman–Crippen MR) is 80.3 cm³/mol. The number of benzene rings is 2. The molecule has 0 unspecified atom stereocenters. The van der Waals surface area contributed by atoms with E-state index in [1.54, 1.807) is 0 Å². The van der Waals surface area contributed by atoms with Crippen molar-refractivity contribution in [1.29, 1.82) is 0 Å². The van der Waals surface area contributed by atoms with Gasteiger partial charge in [-0.2, -0.15) is 0 Å². The van der Waals surface area contributed by atoms with Crippen molar-refractivity contribution in [2.45, 2.75) is 13.2 Å². The van der Waals surface area contributed by atoms with Gasteiger partial charge in [0, 0.05) is 0 Å². The van der Waals surface area contributed by atoms with Crippen molar-refractivity contribution in [1.82, 2.24) is 0 Å². The Balaban J connectivity index is 1.82. The minimum atomic E-state index is -2.96. The third-order valence-corrected chi connectivity index (χ3v) is 7.78. The van der Waals surface area contributed by atoms with Crippen LogP contribution in [0.2, 0.25) is 0 Å². The molecule has 0 aliphatic heterocycles. The van der Waals surface area contributed by atoms with Crippen molar-refractivity contribution < 1.29 is 19.8 Å². The van der Waals surface area contributed by atoms with E-state index in [0.29, 0.717) is 13.2 Å². The van der Waals surface area contributed by atoms with Crippen molar-refractivity contribution >= 4 is 26.3 Å². The van der Waals surface area contributed by atoms with Crippen LogP contribution in [-0.4, -0.2) is 0 Å². The molecule has 0 bridgehead atoms. The van der Waals surface area contributed by atoms with Gasteiger partial charge in [-0.15, -0.1) is 0 Å². The van der Waals surface area contributed by atoms with Crippen LogP contribution in [0.3, 0.4) is 0 Å². The second kappa shape index (κ2) is 7.72. The predicted octanol–water partition coefficient (Wildman–Crippen LogP) is 5.02. The van der Waals surface area contributed by atoms with Gasteiger partial charge in [-0.25, -0.2) is 0 Å². The molecule has 5 heteroatoms. The van der Waals surface area contributed by atoms with Crippen LogP contribution < -0.4 is 0 Å². The standard InChI is InChI=1S/2C7H7O.2BrH.Ti/c2*8-6-7-4-2-1-3-5-7;;;/h2*1-5H,6H2;2*1H;/q2*-1;;;+4/p-2. The van der Waals surface area contributed by atoms with Gasteiger partial charge in [-0.3, -0.25) is 0 Å². The average Bonchev–Trinajstić information content (AvgIpc) is 2.46. The molecule has 0 amide bonds. The maximum absolute atomic E-state index is 5.84. The molecular formula is C14H14Br2O2Ti. The molecule has 2 nitrogen and oxygen atoms in total. The zero-order valence-corrected chi connectivity index (χ0v) is 15.0. The van der Waals surface area contributed by atoms with Gasteiger partial charge < -0.3 is 0 Å². The van der Waals surface area contributed by atoms with Crippen molar-refractivity contribution in [3.8, 4) is 0 Å². The fourth-order valence-electron chi connectivity index (χ4n) is 1.52. The number of halogens is 2. The zero-order valence-electron chi connectivity index (χ0n) is 10.3. The van der Waals surface area contributed by atoms with Crippen LogP contribution in [-0.2, 0) is 33.0 Å². The van der Waals surface area contributed by atoms with Gasteiger partial charge in [0.15, 0.2) is 0 Å². The van der Waals surface area contributed by atoms with Gasteiger partial charge in [0.1, 0.15) is 0 Å². The van der Waals surface area contributed by atoms with Gasteiger partial charge in [-0.1, -0.05) is 0 Å². The van der Waals surface area contributed by atoms with E-state index in [1.807, 2.05) is 60.7 Å². The van der Waals surface area contributed by atoms with Crippen LogP contribution in [0.5, 0.6) is 0 Å². The first-order chi connectivity index (χ1) is 9.16. The number of rotatable bonds is 6. The number of hydrogen-bond donors (Lipinski definition) is 0. The molecule has 2 rings (SSSR count). The van der Waals surface area contributed by atoms with Crippen molar-refractivity contribution in [3.05, 3.63) is 71.8 Å². The van der Waals surface area contributed by atoms with E-state index < -0.39 is 13.2 Å². The summed E-state index contributed by atoms with van der Waals surface area (Å²) in [7, 11) is 0. The molecule has 0 fully saturated rings. The Hall–Kier alpha value is 0.0343. The first-order valence-corrected chi connectivity index (χ1v) is 14.9. The summed E-state index contributed by atoms with van der Waals surface area (Å²) in [4.78, 5) is 0. The molecule has 0 saturated heterocycles. The van der Waals surface area contributed by atoms with Gasteiger partial charge in [0.05, 0.1) is 0 Å². The summed E-state index contributed by atoms with van der Waals surface area (Å²) in [5.74, 6) is 0. The van der Waals surface area contributed by atoms with E-state index in [-0.39, 0.29) is 0 Å². The van der Waals surface area contributed by atoms with Crippen LogP contribution in [0.25, 0.3) is 0 Å². The fourth-order valence-corrected chi connectivity index (χ4v) is 4.59. The molecule has 0 aliphatic rings. The quantitative estimate of drug-likeness (QED) is 0.609. The third-order valence-electron chi connectivity index (χ3n) is 2.50. The van der Waals surface area contributed by atoms with Crippen molar-refractivity contribution in [3.63, 3.8) is 0 Å². The molecule has 2 aromatic rings. The van der Waals surface area contributed by atoms with E-state index in [0.717, 1.165) is 11.1 Å². The SMILES string of the molecule is [Br][Ti]([Br])([O]Cc1ccccc1)[O]Cc1ccccc1. The molecule has 100 valence electrons. The summed E-state index contributed by atoms with van der Waals surface area (Å²) in [5, 5.41) is 0. The molecular weight excluding hydrogens is 408 g/mol. The van der Waals surface area contributed by atoms with E-state index in [1.165, 1.54) is 0 Å². The monoisotopic (exact) mass is 420 g/mol. The normalized spacial score (nSPS) is 11.5. The molecule has 0 atom stereocenters. The number of hydrogen-bond acceptors (Lipinski definition) is 2. The Morgan fingerprint density at radius 1 is 0.684 bits per heavy atom. The Morgan fingerprint density at radius 2 is 1.05 bits per heavy atom. The van der Waals surface area contributed by atoms with Gasteiger partial charge in [-0.05, 0) is 0 Å². The summed E-state index contributed by atoms with van der Waals surface area (Å²) in [6.07, 6.45) is 0. The topological polar surface area (TPSA) is 18.5 Å². The second-order valence-corrected chi connectivity index (χ2v) is 19.4. The Bertz CT molecular complexity index is 446. The summed E-state index contributed by atoms with van der Waals surface area (Å²) < 4.78 is 11.7. The van der Waals surface area contributed by atoms with Crippen molar-refractivity contribution in [2.24, 2.45) is 0 Å². The van der Waals surface area contributed by atoms with Crippen molar-refractivity contribution in [2.75, 3.05) is 0 Å². The van der Waals surface area contributed by atoms with E-state index in [4.69, 9.17) is 6.64 Å². The first-order valence-electron chi connectivity index (χ1n) is 5.89. The van der Waals surface area contributed by atoms with Gasteiger partial charge in [0.2, 0.25) is 0 Å². The van der Waals surface area contributed by atoms with Crippen LogP contribution >= 0.6 is 26.3 Å². The van der Waals surface area contributed by atoms with Crippen LogP contribution in [0.4, 0.5) is 0 Å². The molecule has 0 saturated carbocycles. The van der Waals surface area contributed by atoms with E-state index >= 15 is 0 Å². The zero-order chi connectivity index (χ0) is 13.6. The molecule has 0 N–H and O–H groups in total. The minimum absolute atomic E-state index is 0.548. The maximum atomic E-state index is 5.84. The Labute approximate surface area is 130 Å². The van der Waals surface area contributed by atoms with E-state index in [2.05, 4.69) is 26.3 Å². The molecule has 0 spiro atoms. The summed E-state index contributed by atoms with van der Waals surface area (Å²) >= 11 is 4.15. The van der Waals surface area contributed by atoms with Crippen LogP contribution in [0.15, 0.2) is 60.7 Å². The van der Waals surface area contributed by atoms with Gasteiger partial charge >= 0.3 is 131 Å². The second-order valence-electron chi connectivity index (χ2n) is 4.01. The average molecular weight is 422 g/mol. The van der Waals surface area contributed by atoms with E-state index in [9.17, 15) is 0 Å². The summed E-state index contributed by atoms with van der Waals surface area (Å²) in [5.41, 5.74) is 2.28. The molecule has 0 radical (unpaired) electrons.